The van der Waals surface area contributed by atoms with Crippen molar-refractivity contribution in [2.45, 2.75) is 18.9 Å². The van der Waals surface area contributed by atoms with Gasteiger partial charge in [0.25, 0.3) is 0 Å². The van der Waals surface area contributed by atoms with Gasteiger partial charge >= 0.3 is 0 Å². The molecular weight excluding hydrogens is 212 g/mol. The summed E-state index contributed by atoms with van der Waals surface area (Å²) in [7, 11) is 2.05. The van der Waals surface area contributed by atoms with Crippen LogP contribution < -0.4 is 5.32 Å². The number of ketones is 1. The van der Waals surface area contributed by atoms with Crippen LogP contribution in [0.2, 0.25) is 0 Å². The zero-order valence-corrected chi connectivity index (χ0v) is 10.4. The van der Waals surface area contributed by atoms with Crippen LogP contribution in [0, 0.1) is 0 Å². The van der Waals surface area contributed by atoms with Gasteiger partial charge in [0.15, 0.2) is 5.78 Å². The van der Waals surface area contributed by atoms with Crippen molar-refractivity contribution >= 4 is 5.78 Å². The Morgan fingerprint density at radius 1 is 1.29 bits per heavy atom. The first kappa shape index (κ1) is 12.3. The average Bonchev–Trinajstić information content (AvgIpc) is 2.40. The number of piperidine rings is 1. The fourth-order valence-electron chi connectivity index (χ4n) is 2.32. The summed E-state index contributed by atoms with van der Waals surface area (Å²) in [6.45, 7) is 2.65. The van der Waals surface area contributed by atoms with E-state index in [1.165, 1.54) is 0 Å². The standard InChI is InChI=1S/C14H20N2O/c1-16(13-7-9-15-10-8-13)11-14(17)12-5-3-2-4-6-12/h2-6,13,15H,7-11H2,1H3. The first-order chi connectivity index (χ1) is 8.27. The largest absolute Gasteiger partial charge is 0.317 e. The zero-order valence-electron chi connectivity index (χ0n) is 10.4. The highest BCUT2D eigenvalue weighted by molar-refractivity contribution is 5.97. The molecule has 0 radical (unpaired) electrons. The Morgan fingerprint density at radius 3 is 2.59 bits per heavy atom. The highest BCUT2D eigenvalue weighted by Gasteiger charge is 2.19. The van der Waals surface area contributed by atoms with Crippen LogP contribution in [-0.4, -0.2) is 43.4 Å². The van der Waals surface area contributed by atoms with Crippen LogP contribution in [0.25, 0.3) is 0 Å². The van der Waals surface area contributed by atoms with E-state index in [0.29, 0.717) is 12.6 Å². The fourth-order valence-corrected chi connectivity index (χ4v) is 2.32. The minimum atomic E-state index is 0.214. The number of carbonyl (C=O) groups excluding carboxylic acids is 1. The Balaban J connectivity index is 1.89. The summed E-state index contributed by atoms with van der Waals surface area (Å²) < 4.78 is 0. The van der Waals surface area contributed by atoms with Crippen LogP contribution in [0.5, 0.6) is 0 Å². The number of nitrogens with zero attached hydrogens (tertiary/aromatic N) is 1. The Hall–Kier alpha value is -1.19. The Bertz CT molecular complexity index is 358. The normalized spacial score (nSPS) is 17.3. The van der Waals surface area contributed by atoms with Gasteiger partial charge in [-0.15, -0.1) is 0 Å². The first-order valence-electron chi connectivity index (χ1n) is 6.26. The molecule has 1 aliphatic rings. The molecular formula is C14H20N2O. The molecule has 1 aromatic carbocycles. The molecule has 1 heterocycles. The summed E-state index contributed by atoms with van der Waals surface area (Å²) >= 11 is 0. The number of nitrogens with one attached hydrogen (secondary N) is 1. The number of Topliss-reactive ketones (excluding diaryl/α,β-unsaturated/α-hetero) is 1. The molecule has 1 saturated heterocycles. The minimum absolute atomic E-state index is 0.214. The number of benzene rings is 1. The maximum Gasteiger partial charge on any atom is 0.176 e. The van der Waals surface area contributed by atoms with E-state index in [2.05, 4.69) is 17.3 Å². The average molecular weight is 232 g/mol. The summed E-state index contributed by atoms with van der Waals surface area (Å²) in [4.78, 5) is 14.2. The lowest BCUT2D eigenvalue weighted by Gasteiger charge is -2.31. The lowest BCUT2D eigenvalue weighted by Crippen LogP contribution is -2.43. The van der Waals surface area contributed by atoms with Crippen LogP contribution in [0.1, 0.15) is 23.2 Å². The Kier molecular flexibility index (Phi) is 4.29. The molecule has 0 spiro atoms. The van der Waals surface area contributed by atoms with Crippen molar-refractivity contribution in [2.75, 3.05) is 26.7 Å². The highest BCUT2D eigenvalue weighted by atomic mass is 16.1. The molecule has 0 aliphatic carbocycles. The molecule has 1 aliphatic heterocycles. The monoisotopic (exact) mass is 232 g/mol. The second-order valence-corrected chi connectivity index (χ2v) is 4.69. The maximum atomic E-state index is 12.0. The van der Waals surface area contributed by atoms with Crippen molar-refractivity contribution in [1.82, 2.24) is 10.2 Å². The predicted octanol–water partition coefficient (Wildman–Crippen LogP) is 1.55. The summed E-state index contributed by atoms with van der Waals surface area (Å²) in [6.07, 6.45) is 2.27. The quantitative estimate of drug-likeness (QED) is 0.799. The third-order valence-corrected chi connectivity index (χ3v) is 3.42. The number of likely N-dealkylation sites (N-methyl/N-ethyl adjacent to an activating group) is 1. The predicted molar refractivity (Wildman–Crippen MR) is 69.3 cm³/mol. The van der Waals surface area contributed by atoms with Gasteiger partial charge in [0, 0.05) is 11.6 Å². The molecule has 17 heavy (non-hydrogen) atoms. The van der Waals surface area contributed by atoms with Crippen molar-refractivity contribution in [3.63, 3.8) is 0 Å². The molecule has 2 rings (SSSR count). The zero-order chi connectivity index (χ0) is 12.1. The van der Waals surface area contributed by atoms with E-state index in [9.17, 15) is 4.79 Å². The molecule has 0 unspecified atom stereocenters. The molecule has 0 bridgehead atoms. The molecule has 0 saturated carbocycles. The lowest BCUT2D eigenvalue weighted by molar-refractivity contribution is 0.0903. The fraction of sp³-hybridized carbons (Fsp3) is 0.500. The number of carbonyl (C=O) groups is 1. The van der Waals surface area contributed by atoms with Crippen LogP contribution >= 0.6 is 0 Å². The van der Waals surface area contributed by atoms with Gasteiger partial charge in [0.1, 0.15) is 0 Å². The topological polar surface area (TPSA) is 32.3 Å². The minimum Gasteiger partial charge on any atom is -0.317 e. The molecule has 1 fully saturated rings. The van der Waals surface area contributed by atoms with E-state index in [0.717, 1.165) is 31.5 Å². The van der Waals surface area contributed by atoms with E-state index >= 15 is 0 Å². The van der Waals surface area contributed by atoms with Gasteiger partial charge in [-0.05, 0) is 33.0 Å². The van der Waals surface area contributed by atoms with Gasteiger partial charge in [0.05, 0.1) is 6.54 Å². The summed E-state index contributed by atoms with van der Waals surface area (Å²) in [5.41, 5.74) is 0.813. The second kappa shape index (κ2) is 5.94. The number of hydrogen-bond acceptors (Lipinski definition) is 3. The van der Waals surface area contributed by atoms with Crippen molar-refractivity contribution in [1.29, 1.82) is 0 Å². The van der Waals surface area contributed by atoms with Crippen molar-refractivity contribution < 1.29 is 4.79 Å². The summed E-state index contributed by atoms with van der Waals surface area (Å²) in [6, 6.07) is 10.1. The SMILES string of the molecule is CN(CC(=O)c1ccccc1)C1CCNCC1. The van der Waals surface area contributed by atoms with Gasteiger partial charge in [-0.3, -0.25) is 9.69 Å². The molecule has 0 amide bonds. The van der Waals surface area contributed by atoms with E-state index in [-0.39, 0.29) is 5.78 Å². The second-order valence-electron chi connectivity index (χ2n) is 4.69. The van der Waals surface area contributed by atoms with E-state index in [1.54, 1.807) is 0 Å². The summed E-state index contributed by atoms with van der Waals surface area (Å²) in [5.74, 6) is 0.214. The van der Waals surface area contributed by atoms with Gasteiger partial charge in [-0.1, -0.05) is 30.3 Å². The molecule has 3 nitrogen and oxygen atoms in total. The van der Waals surface area contributed by atoms with Gasteiger partial charge in [-0.2, -0.15) is 0 Å². The van der Waals surface area contributed by atoms with Crippen molar-refractivity contribution in [2.24, 2.45) is 0 Å². The van der Waals surface area contributed by atoms with Crippen molar-refractivity contribution in [3.05, 3.63) is 35.9 Å². The number of hydrogen-bond donors (Lipinski definition) is 1. The Labute approximate surface area is 103 Å². The van der Waals surface area contributed by atoms with Gasteiger partial charge < -0.3 is 5.32 Å². The highest BCUT2D eigenvalue weighted by Crippen LogP contribution is 2.11. The third-order valence-electron chi connectivity index (χ3n) is 3.42. The smallest absolute Gasteiger partial charge is 0.176 e. The van der Waals surface area contributed by atoms with E-state index < -0.39 is 0 Å². The third kappa shape index (κ3) is 3.38. The van der Waals surface area contributed by atoms with Crippen LogP contribution in [0.4, 0.5) is 0 Å². The van der Waals surface area contributed by atoms with Crippen LogP contribution in [-0.2, 0) is 0 Å². The molecule has 3 heteroatoms. The first-order valence-corrected chi connectivity index (χ1v) is 6.26. The maximum absolute atomic E-state index is 12.0. The van der Waals surface area contributed by atoms with Gasteiger partial charge in [0.2, 0.25) is 0 Å². The molecule has 1 aromatic rings. The number of rotatable bonds is 4. The van der Waals surface area contributed by atoms with Gasteiger partial charge in [-0.25, -0.2) is 0 Å². The van der Waals surface area contributed by atoms with E-state index in [4.69, 9.17) is 0 Å². The lowest BCUT2D eigenvalue weighted by atomic mass is 10.0. The van der Waals surface area contributed by atoms with Crippen molar-refractivity contribution in [3.8, 4) is 0 Å². The molecule has 92 valence electrons. The van der Waals surface area contributed by atoms with Crippen LogP contribution in [0.3, 0.4) is 0 Å². The molecule has 0 aromatic heterocycles. The Morgan fingerprint density at radius 2 is 1.94 bits per heavy atom. The van der Waals surface area contributed by atoms with E-state index in [1.807, 2.05) is 30.3 Å². The summed E-state index contributed by atoms with van der Waals surface area (Å²) in [5, 5.41) is 3.34. The van der Waals surface area contributed by atoms with Crippen LogP contribution in [0.15, 0.2) is 30.3 Å². The molecule has 1 N–H and O–H groups in total. The molecule has 0 atom stereocenters.